The molecule has 0 aliphatic carbocycles. The SMILES string of the molecule is CCCCCCCCCCC(=O)OCCc1ccsc1. The molecular weight excluding hydrogens is 268 g/mol. The van der Waals surface area contributed by atoms with E-state index in [9.17, 15) is 4.79 Å². The summed E-state index contributed by atoms with van der Waals surface area (Å²) < 4.78 is 5.24. The second-order valence-electron chi connectivity index (χ2n) is 5.33. The van der Waals surface area contributed by atoms with Gasteiger partial charge in [0.15, 0.2) is 0 Å². The largest absolute Gasteiger partial charge is 0.465 e. The maximum Gasteiger partial charge on any atom is 0.305 e. The van der Waals surface area contributed by atoms with Crippen LogP contribution in [-0.4, -0.2) is 12.6 Å². The van der Waals surface area contributed by atoms with Gasteiger partial charge in [-0.15, -0.1) is 0 Å². The number of carbonyl (C=O) groups is 1. The topological polar surface area (TPSA) is 26.3 Å². The maximum absolute atomic E-state index is 11.5. The van der Waals surface area contributed by atoms with Gasteiger partial charge in [0.1, 0.15) is 0 Å². The van der Waals surface area contributed by atoms with Gasteiger partial charge >= 0.3 is 5.97 Å². The smallest absolute Gasteiger partial charge is 0.305 e. The molecule has 114 valence electrons. The number of thiophene rings is 1. The van der Waals surface area contributed by atoms with Crippen molar-refractivity contribution in [1.29, 1.82) is 0 Å². The van der Waals surface area contributed by atoms with Crippen molar-refractivity contribution < 1.29 is 9.53 Å². The highest BCUT2D eigenvalue weighted by Gasteiger charge is 2.03. The highest BCUT2D eigenvalue weighted by Crippen LogP contribution is 2.10. The van der Waals surface area contributed by atoms with E-state index in [2.05, 4.69) is 23.8 Å². The monoisotopic (exact) mass is 296 g/mol. The van der Waals surface area contributed by atoms with E-state index in [1.54, 1.807) is 11.3 Å². The lowest BCUT2D eigenvalue weighted by atomic mass is 10.1. The highest BCUT2D eigenvalue weighted by molar-refractivity contribution is 7.07. The second-order valence-corrected chi connectivity index (χ2v) is 6.11. The highest BCUT2D eigenvalue weighted by atomic mass is 32.1. The van der Waals surface area contributed by atoms with Gasteiger partial charge in [-0.3, -0.25) is 4.79 Å². The summed E-state index contributed by atoms with van der Waals surface area (Å²) in [6.45, 7) is 2.76. The molecule has 3 heteroatoms. The lowest BCUT2D eigenvalue weighted by Crippen LogP contribution is -2.07. The van der Waals surface area contributed by atoms with Gasteiger partial charge in [-0.1, -0.05) is 51.9 Å². The van der Waals surface area contributed by atoms with Crippen LogP contribution in [0, 0.1) is 0 Å². The number of hydrogen-bond donors (Lipinski definition) is 0. The van der Waals surface area contributed by atoms with Gasteiger partial charge in [0.05, 0.1) is 6.61 Å². The number of esters is 1. The number of carbonyl (C=O) groups excluding carboxylic acids is 1. The molecule has 0 unspecified atom stereocenters. The van der Waals surface area contributed by atoms with E-state index in [1.807, 2.05) is 0 Å². The van der Waals surface area contributed by atoms with Crippen molar-refractivity contribution in [3.63, 3.8) is 0 Å². The average molecular weight is 296 g/mol. The Morgan fingerprint density at radius 3 is 2.45 bits per heavy atom. The Morgan fingerprint density at radius 2 is 1.80 bits per heavy atom. The van der Waals surface area contributed by atoms with Crippen molar-refractivity contribution in [2.75, 3.05) is 6.61 Å². The summed E-state index contributed by atoms with van der Waals surface area (Å²) >= 11 is 1.68. The zero-order valence-electron chi connectivity index (χ0n) is 12.7. The van der Waals surface area contributed by atoms with Gasteiger partial charge in [0, 0.05) is 12.8 Å². The third-order valence-electron chi connectivity index (χ3n) is 3.47. The summed E-state index contributed by atoms with van der Waals surface area (Å²) in [5.74, 6) is -0.0359. The van der Waals surface area contributed by atoms with Crippen LogP contribution in [0.4, 0.5) is 0 Å². The van der Waals surface area contributed by atoms with Gasteiger partial charge in [0.25, 0.3) is 0 Å². The minimum atomic E-state index is -0.0359. The fourth-order valence-electron chi connectivity index (χ4n) is 2.19. The van der Waals surface area contributed by atoms with Crippen molar-refractivity contribution in [2.24, 2.45) is 0 Å². The van der Waals surface area contributed by atoms with E-state index in [4.69, 9.17) is 4.74 Å². The molecule has 20 heavy (non-hydrogen) atoms. The van der Waals surface area contributed by atoms with E-state index in [1.165, 1.54) is 44.1 Å². The predicted octanol–water partition coefficient (Wildman–Crippen LogP) is 5.36. The minimum Gasteiger partial charge on any atom is -0.465 e. The van der Waals surface area contributed by atoms with Crippen LogP contribution in [0.25, 0.3) is 0 Å². The number of unbranched alkanes of at least 4 members (excludes halogenated alkanes) is 7. The molecule has 0 saturated carbocycles. The van der Waals surface area contributed by atoms with Gasteiger partial charge < -0.3 is 4.74 Å². The standard InChI is InChI=1S/C17H28O2S/c1-2-3-4-5-6-7-8-9-10-17(18)19-13-11-16-12-14-20-15-16/h12,14-15H,2-11,13H2,1H3. The summed E-state index contributed by atoms with van der Waals surface area (Å²) in [5.41, 5.74) is 1.26. The van der Waals surface area contributed by atoms with Gasteiger partial charge in [-0.25, -0.2) is 0 Å². The zero-order chi connectivity index (χ0) is 14.5. The van der Waals surface area contributed by atoms with Crippen molar-refractivity contribution in [2.45, 2.75) is 71.1 Å². The molecule has 0 aromatic carbocycles. The second kappa shape index (κ2) is 12.0. The Kier molecular flexibility index (Phi) is 10.3. The molecule has 2 nitrogen and oxygen atoms in total. The third kappa shape index (κ3) is 9.13. The molecule has 0 aliphatic heterocycles. The van der Waals surface area contributed by atoms with Crippen LogP contribution in [0.5, 0.6) is 0 Å². The summed E-state index contributed by atoms with van der Waals surface area (Å²) in [6, 6.07) is 2.08. The molecule has 0 N–H and O–H groups in total. The number of ether oxygens (including phenoxy) is 1. The Bertz CT molecular complexity index is 333. The number of rotatable bonds is 12. The molecular formula is C17H28O2S. The van der Waals surface area contributed by atoms with Gasteiger partial charge in [-0.2, -0.15) is 11.3 Å². The maximum atomic E-state index is 11.5. The van der Waals surface area contributed by atoms with Crippen LogP contribution in [0.15, 0.2) is 16.8 Å². The molecule has 0 bridgehead atoms. The summed E-state index contributed by atoms with van der Waals surface area (Å²) in [6.07, 6.45) is 11.5. The lowest BCUT2D eigenvalue weighted by molar-refractivity contribution is -0.143. The van der Waals surface area contributed by atoms with Gasteiger partial charge in [0.2, 0.25) is 0 Å². The van der Waals surface area contributed by atoms with Crippen LogP contribution >= 0.6 is 11.3 Å². The van der Waals surface area contributed by atoms with Crippen LogP contribution in [0.2, 0.25) is 0 Å². The lowest BCUT2D eigenvalue weighted by Gasteiger charge is -2.04. The van der Waals surface area contributed by atoms with Crippen LogP contribution < -0.4 is 0 Å². The van der Waals surface area contributed by atoms with Crippen LogP contribution in [0.3, 0.4) is 0 Å². The molecule has 1 aromatic heterocycles. The molecule has 0 radical (unpaired) electrons. The quantitative estimate of drug-likeness (QED) is 0.383. The Labute approximate surface area is 127 Å². The van der Waals surface area contributed by atoms with Crippen molar-refractivity contribution in [1.82, 2.24) is 0 Å². The first-order chi connectivity index (χ1) is 9.83. The van der Waals surface area contributed by atoms with Crippen molar-refractivity contribution in [3.05, 3.63) is 22.4 Å². The Balaban J connectivity index is 1.85. The van der Waals surface area contributed by atoms with Crippen LogP contribution in [0.1, 0.15) is 70.3 Å². The summed E-state index contributed by atoms with van der Waals surface area (Å²) in [7, 11) is 0. The summed E-state index contributed by atoms with van der Waals surface area (Å²) in [5, 5.41) is 4.16. The van der Waals surface area contributed by atoms with E-state index in [-0.39, 0.29) is 5.97 Å². The molecule has 0 amide bonds. The molecule has 1 heterocycles. The molecule has 0 atom stereocenters. The average Bonchev–Trinajstić information content (AvgIpc) is 2.95. The summed E-state index contributed by atoms with van der Waals surface area (Å²) in [4.78, 5) is 11.5. The van der Waals surface area contributed by atoms with Crippen molar-refractivity contribution >= 4 is 17.3 Å². The first-order valence-electron chi connectivity index (χ1n) is 7.99. The van der Waals surface area contributed by atoms with E-state index in [0.29, 0.717) is 13.0 Å². The fraction of sp³-hybridized carbons (Fsp3) is 0.706. The van der Waals surface area contributed by atoms with Gasteiger partial charge in [-0.05, 0) is 28.8 Å². The van der Waals surface area contributed by atoms with E-state index >= 15 is 0 Å². The Hall–Kier alpha value is -0.830. The van der Waals surface area contributed by atoms with Crippen LogP contribution in [-0.2, 0) is 16.0 Å². The van der Waals surface area contributed by atoms with E-state index in [0.717, 1.165) is 19.3 Å². The zero-order valence-corrected chi connectivity index (χ0v) is 13.6. The Morgan fingerprint density at radius 1 is 1.10 bits per heavy atom. The molecule has 1 rings (SSSR count). The molecule has 0 aliphatic rings. The first-order valence-corrected chi connectivity index (χ1v) is 8.94. The molecule has 0 saturated heterocycles. The third-order valence-corrected chi connectivity index (χ3v) is 4.20. The number of hydrogen-bond acceptors (Lipinski definition) is 3. The predicted molar refractivity (Wildman–Crippen MR) is 86.2 cm³/mol. The first kappa shape index (κ1) is 17.2. The minimum absolute atomic E-state index is 0.0359. The molecule has 0 spiro atoms. The molecule has 0 fully saturated rings. The van der Waals surface area contributed by atoms with Crippen molar-refractivity contribution in [3.8, 4) is 0 Å². The van der Waals surface area contributed by atoms with E-state index < -0.39 is 0 Å². The molecule has 1 aromatic rings. The fourth-order valence-corrected chi connectivity index (χ4v) is 2.90. The normalized spacial score (nSPS) is 10.7.